The Morgan fingerprint density at radius 1 is 1.73 bits per heavy atom. The van der Waals surface area contributed by atoms with Gasteiger partial charge in [-0.25, -0.2) is 0 Å². The number of thioether (sulfide) groups is 1. The smallest absolute Gasteiger partial charge is 0.138 e. The maximum absolute atomic E-state index is 10.3. The van der Waals surface area contributed by atoms with Crippen LogP contribution in [0, 0.1) is 0 Å². The zero-order valence-corrected chi connectivity index (χ0v) is 7.06. The van der Waals surface area contributed by atoms with Gasteiger partial charge in [-0.2, -0.15) is 0 Å². The van der Waals surface area contributed by atoms with Crippen LogP contribution in [-0.2, 0) is 4.79 Å². The van der Waals surface area contributed by atoms with Gasteiger partial charge in [-0.05, 0) is 0 Å². The minimum absolute atomic E-state index is 0.0164. The van der Waals surface area contributed by atoms with E-state index >= 15 is 0 Å². The topological polar surface area (TPSA) is 41.1 Å². The van der Waals surface area contributed by atoms with Crippen molar-refractivity contribution in [1.82, 2.24) is 10.6 Å². The minimum atomic E-state index is -0.0164. The van der Waals surface area contributed by atoms with Crippen LogP contribution in [-0.4, -0.2) is 30.1 Å². The Balaban J connectivity index is 2.18. The minimum Gasteiger partial charge on any atom is -0.302 e. The van der Waals surface area contributed by atoms with Gasteiger partial charge in [0.25, 0.3) is 0 Å². The summed E-state index contributed by atoms with van der Waals surface area (Å²) in [5, 5.41) is 6.28. The van der Waals surface area contributed by atoms with E-state index in [1.807, 2.05) is 6.08 Å². The van der Waals surface area contributed by atoms with Gasteiger partial charge in [-0.15, -0.1) is 18.3 Å². The van der Waals surface area contributed by atoms with Crippen LogP contribution in [0.1, 0.15) is 0 Å². The molecule has 0 spiro atoms. The molecule has 62 valence electrons. The van der Waals surface area contributed by atoms with Gasteiger partial charge in [0.1, 0.15) is 11.8 Å². The Bertz CT molecular complexity index is 151. The summed E-state index contributed by atoms with van der Waals surface area (Å²) in [6.07, 6.45) is 2.78. The molecule has 1 saturated heterocycles. The highest BCUT2D eigenvalue weighted by molar-refractivity contribution is 7.99. The van der Waals surface area contributed by atoms with Gasteiger partial charge in [-0.1, -0.05) is 6.08 Å². The number of hydrogen-bond donors (Lipinski definition) is 2. The lowest BCUT2D eigenvalue weighted by Gasteiger charge is -2.08. The monoisotopic (exact) mass is 172 g/mol. The molecule has 2 unspecified atom stereocenters. The quantitative estimate of drug-likeness (QED) is 0.461. The van der Waals surface area contributed by atoms with E-state index in [2.05, 4.69) is 17.2 Å². The lowest BCUT2D eigenvalue weighted by molar-refractivity contribution is -0.109. The summed E-state index contributed by atoms with van der Waals surface area (Å²) in [5.41, 5.74) is 0.211. The van der Waals surface area contributed by atoms with Crippen molar-refractivity contribution in [3.05, 3.63) is 12.7 Å². The third-order valence-corrected chi connectivity index (χ3v) is 2.50. The molecule has 0 bridgehead atoms. The molecule has 1 heterocycles. The van der Waals surface area contributed by atoms with E-state index in [-0.39, 0.29) is 11.5 Å². The summed E-state index contributed by atoms with van der Waals surface area (Å²) in [6, 6.07) is -0.0164. The molecule has 0 saturated carbocycles. The zero-order valence-electron chi connectivity index (χ0n) is 6.25. The van der Waals surface area contributed by atoms with Crippen molar-refractivity contribution in [3.63, 3.8) is 0 Å². The predicted molar refractivity (Wildman–Crippen MR) is 47.4 cm³/mol. The summed E-state index contributed by atoms with van der Waals surface area (Å²) in [7, 11) is 0. The molecule has 0 aromatic rings. The highest BCUT2D eigenvalue weighted by Gasteiger charge is 2.21. The van der Waals surface area contributed by atoms with Gasteiger partial charge in [0.15, 0.2) is 0 Å². The predicted octanol–water partition coefficient (Wildman–Crippen LogP) is -0.0505. The molecule has 2 N–H and O–H groups in total. The first-order chi connectivity index (χ1) is 5.36. The van der Waals surface area contributed by atoms with Crippen molar-refractivity contribution in [2.75, 3.05) is 12.3 Å². The van der Waals surface area contributed by atoms with Gasteiger partial charge < -0.3 is 4.79 Å². The fraction of sp³-hybridized carbons (Fsp3) is 0.571. The second kappa shape index (κ2) is 4.54. The second-order valence-electron chi connectivity index (χ2n) is 2.32. The van der Waals surface area contributed by atoms with Crippen LogP contribution in [0.25, 0.3) is 0 Å². The summed E-state index contributed by atoms with van der Waals surface area (Å²) in [5.74, 6) is 0.899. The number of nitrogens with one attached hydrogen (secondary N) is 2. The van der Waals surface area contributed by atoms with Crippen molar-refractivity contribution in [2.24, 2.45) is 0 Å². The Kier molecular flexibility index (Phi) is 3.62. The highest BCUT2D eigenvalue weighted by Crippen LogP contribution is 2.09. The van der Waals surface area contributed by atoms with E-state index in [0.717, 1.165) is 18.6 Å². The maximum Gasteiger partial charge on any atom is 0.138 e. The molecule has 0 aliphatic carbocycles. The molecule has 1 rings (SSSR count). The number of aldehydes is 1. The average Bonchev–Trinajstić information content (AvgIpc) is 2.48. The van der Waals surface area contributed by atoms with Crippen molar-refractivity contribution < 1.29 is 4.79 Å². The van der Waals surface area contributed by atoms with E-state index in [9.17, 15) is 4.79 Å². The number of rotatable bonds is 4. The van der Waals surface area contributed by atoms with Crippen molar-refractivity contribution >= 4 is 18.0 Å². The first-order valence-electron chi connectivity index (χ1n) is 3.54. The molecule has 0 aromatic carbocycles. The van der Waals surface area contributed by atoms with Gasteiger partial charge in [0.05, 0.1) is 6.04 Å². The van der Waals surface area contributed by atoms with Crippen molar-refractivity contribution in [3.8, 4) is 0 Å². The van der Waals surface area contributed by atoms with Crippen molar-refractivity contribution in [1.29, 1.82) is 0 Å². The third kappa shape index (κ3) is 2.65. The maximum atomic E-state index is 10.3. The molecule has 0 aromatic heterocycles. The molecule has 1 aliphatic rings. The fourth-order valence-corrected chi connectivity index (χ4v) is 1.72. The molecule has 11 heavy (non-hydrogen) atoms. The van der Waals surface area contributed by atoms with Gasteiger partial charge >= 0.3 is 0 Å². The van der Waals surface area contributed by atoms with Crippen LogP contribution in [0.15, 0.2) is 12.7 Å². The summed E-state index contributed by atoms with van der Waals surface area (Å²) in [6.45, 7) is 4.35. The van der Waals surface area contributed by atoms with E-state index in [4.69, 9.17) is 0 Å². The van der Waals surface area contributed by atoms with E-state index < -0.39 is 0 Å². The SMILES string of the molecule is C=CCSC1NCC(C=O)N1. The molecular weight excluding hydrogens is 160 g/mol. The summed E-state index contributed by atoms with van der Waals surface area (Å²) < 4.78 is 0. The molecule has 0 radical (unpaired) electrons. The molecule has 0 amide bonds. The van der Waals surface area contributed by atoms with Crippen LogP contribution in [0.4, 0.5) is 0 Å². The standard InChI is InChI=1S/C7H12N2OS/c1-2-3-11-7-8-4-6(5-10)9-7/h2,5-9H,1,3-4H2. The van der Waals surface area contributed by atoms with Crippen LogP contribution >= 0.6 is 11.8 Å². The zero-order chi connectivity index (χ0) is 8.10. The van der Waals surface area contributed by atoms with Crippen LogP contribution in [0.5, 0.6) is 0 Å². The lowest BCUT2D eigenvalue weighted by Crippen LogP contribution is -2.31. The molecular formula is C7H12N2OS. The van der Waals surface area contributed by atoms with E-state index in [1.54, 1.807) is 11.8 Å². The average molecular weight is 172 g/mol. The van der Waals surface area contributed by atoms with E-state index in [0.29, 0.717) is 0 Å². The molecule has 1 fully saturated rings. The van der Waals surface area contributed by atoms with Crippen LogP contribution in [0.3, 0.4) is 0 Å². The second-order valence-corrected chi connectivity index (χ2v) is 3.46. The van der Waals surface area contributed by atoms with E-state index in [1.165, 1.54) is 0 Å². The number of carbonyl (C=O) groups is 1. The van der Waals surface area contributed by atoms with Crippen LogP contribution in [0.2, 0.25) is 0 Å². The molecule has 4 heteroatoms. The molecule has 3 nitrogen and oxygen atoms in total. The first kappa shape index (κ1) is 8.77. The normalized spacial score (nSPS) is 30.2. The largest absolute Gasteiger partial charge is 0.302 e. The molecule has 2 atom stereocenters. The number of hydrogen-bond acceptors (Lipinski definition) is 4. The highest BCUT2D eigenvalue weighted by atomic mass is 32.2. The molecule has 1 aliphatic heterocycles. The summed E-state index contributed by atoms with van der Waals surface area (Å²) >= 11 is 1.70. The van der Waals surface area contributed by atoms with Crippen molar-refractivity contribution in [2.45, 2.75) is 11.5 Å². The van der Waals surface area contributed by atoms with Crippen LogP contribution < -0.4 is 10.6 Å². The third-order valence-electron chi connectivity index (χ3n) is 1.43. The Hall–Kier alpha value is -0.320. The Morgan fingerprint density at radius 2 is 2.55 bits per heavy atom. The van der Waals surface area contributed by atoms with Gasteiger partial charge in [0.2, 0.25) is 0 Å². The Morgan fingerprint density at radius 3 is 3.09 bits per heavy atom. The first-order valence-corrected chi connectivity index (χ1v) is 4.59. The Labute approximate surface area is 70.6 Å². The van der Waals surface area contributed by atoms with Gasteiger partial charge in [0, 0.05) is 12.3 Å². The summed E-state index contributed by atoms with van der Waals surface area (Å²) in [4.78, 5) is 10.3. The number of carbonyl (C=O) groups excluding carboxylic acids is 1. The van der Waals surface area contributed by atoms with Gasteiger partial charge in [-0.3, -0.25) is 10.6 Å². The lowest BCUT2D eigenvalue weighted by atomic mass is 10.4. The fourth-order valence-electron chi connectivity index (χ4n) is 0.905.